The van der Waals surface area contributed by atoms with E-state index in [0.29, 0.717) is 12.3 Å². The molecule has 18 heavy (non-hydrogen) atoms. The monoisotopic (exact) mass is 285 g/mol. The third-order valence-electron chi connectivity index (χ3n) is 2.76. The third-order valence-corrected chi connectivity index (χ3v) is 5.20. The minimum atomic E-state index is -0.277. The maximum atomic E-state index is 11.8. The number of carbonyl (C=O) groups is 2. The highest BCUT2D eigenvalue weighted by Gasteiger charge is 2.33. The molecular formula is C12H15NO3S2. The number of thiophene rings is 1. The summed E-state index contributed by atoms with van der Waals surface area (Å²) in [6.07, 6.45) is 0.254. The lowest BCUT2D eigenvalue weighted by Gasteiger charge is -2.22. The summed E-state index contributed by atoms with van der Waals surface area (Å²) in [5.41, 5.74) is 0. The molecule has 0 aliphatic carbocycles. The first-order chi connectivity index (χ1) is 8.61. The molecule has 0 bridgehead atoms. The van der Waals surface area contributed by atoms with E-state index in [1.807, 2.05) is 6.92 Å². The van der Waals surface area contributed by atoms with Gasteiger partial charge in [-0.25, -0.2) is 0 Å². The summed E-state index contributed by atoms with van der Waals surface area (Å²) in [6.45, 7) is 2.48. The van der Waals surface area contributed by atoms with Gasteiger partial charge in [-0.05, 0) is 19.1 Å². The van der Waals surface area contributed by atoms with Gasteiger partial charge in [0.25, 0.3) is 0 Å². The Morgan fingerprint density at radius 1 is 1.56 bits per heavy atom. The number of thioether (sulfide) groups is 1. The van der Waals surface area contributed by atoms with E-state index < -0.39 is 0 Å². The van der Waals surface area contributed by atoms with E-state index in [-0.39, 0.29) is 23.7 Å². The second-order valence-corrected chi connectivity index (χ2v) is 6.41. The number of carbonyl (C=O) groups excluding carboxylic acids is 2. The van der Waals surface area contributed by atoms with Crippen LogP contribution in [-0.4, -0.2) is 36.2 Å². The van der Waals surface area contributed by atoms with Crippen molar-refractivity contribution in [3.8, 4) is 0 Å². The van der Waals surface area contributed by atoms with E-state index in [0.717, 1.165) is 0 Å². The molecule has 0 radical (unpaired) electrons. The zero-order valence-corrected chi connectivity index (χ0v) is 12.0. The van der Waals surface area contributed by atoms with Gasteiger partial charge >= 0.3 is 5.97 Å². The maximum Gasteiger partial charge on any atom is 0.307 e. The average Bonchev–Trinajstić information content (AvgIpc) is 2.92. The fourth-order valence-electron chi connectivity index (χ4n) is 1.83. The van der Waals surface area contributed by atoms with Gasteiger partial charge in [0.2, 0.25) is 5.91 Å². The van der Waals surface area contributed by atoms with Gasteiger partial charge in [0.15, 0.2) is 0 Å². The Balaban J connectivity index is 2.05. The molecule has 1 aromatic rings. The van der Waals surface area contributed by atoms with Crippen LogP contribution in [0.2, 0.25) is 0 Å². The van der Waals surface area contributed by atoms with Crippen molar-refractivity contribution in [2.24, 2.45) is 0 Å². The number of hydrogen-bond donors (Lipinski definition) is 0. The lowest BCUT2D eigenvalue weighted by Crippen LogP contribution is -2.30. The predicted octanol–water partition coefficient (Wildman–Crippen LogP) is 2.19. The summed E-state index contributed by atoms with van der Waals surface area (Å²) >= 11 is 3.32. The number of methoxy groups -OCH3 is 1. The Hall–Kier alpha value is -1.01. The van der Waals surface area contributed by atoms with Crippen molar-refractivity contribution in [2.45, 2.75) is 18.7 Å². The Morgan fingerprint density at radius 2 is 2.33 bits per heavy atom. The van der Waals surface area contributed by atoms with E-state index in [2.05, 4.69) is 16.9 Å². The van der Waals surface area contributed by atoms with E-state index in [9.17, 15) is 9.59 Å². The van der Waals surface area contributed by atoms with Crippen LogP contribution in [0.25, 0.3) is 0 Å². The third kappa shape index (κ3) is 2.87. The molecule has 1 aliphatic heterocycles. The number of amides is 1. The molecular weight excluding hydrogens is 270 g/mol. The average molecular weight is 285 g/mol. The van der Waals surface area contributed by atoms with Gasteiger partial charge in [-0.3, -0.25) is 9.59 Å². The van der Waals surface area contributed by atoms with Crippen molar-refractivity contribution in [3.05, 3.63) is 21.9 Å². The lowest BCUT2D eigenvalue weighted by molar-refractivity contribution is -0.141. The van der Waals surface area contributed by atoms with Gasteiger partial charge in [-0.2, -0.15) is 0 Å². The molecule has 0 aromatic carbocycles. The molecule has 0 saturated carbocycles. The lowest BCUT2D eigenvalue weighted by atomic mass is 10.3. The first-order valence-corrected chi connectivity index (χ1v) is 7.52. The highest BCUT2D eigenvalue weighted by molar-refractivity contribution is 8.00. The maximum absolute atomic E-state index is 11.8. The summed E-state index contributed by atoms with van der Waals surface area (Å²) in [6, 6.07) is 4.11. The van der Waals surface area contributed by atoms with Crippen LogP contribution < -0.4 is 0 Å². The van der Waals surface area contributed by atoms with E-state index in [1.54, 1.807) is 28.0 Å². The van der Waals surface area contributed by atoms with Gasteiger partial charge in [-0.1, -0.05) is 0 Å². The number of hydrogen-bond acceptors (Lipinski definition) is 5. The minimum Gasteiger partial charge on any atom is -0.469 e. The molecule has 1 saturated heterocycles. The summed E-state index contributed by atoms with van der Waals surface area (Å²) in [5, 5.41) is 0.0563. The van der Waals surface area contributed by atoms with Crippen molar-refractivity contribution >= 4 is 35.0 Å². The molecule has 0 spiro atoms. The molecule has 2 rings (SSSR count). The predicted molar refractivity (Wildman–Crippen MR) is 72.6 cm³/mol. The second kappa shape index (κ2) is 5.75. The standard InChI is InChI=1S/C12H15NO3S2/c1-8-3-4-9(18-8)12-13(10(14)7-17-12)6-5-11(15)16-2/h3-4,12H,5-7H2,1-2H3. The van der Waals surface area contributed by atoms with Gasteiger partial charge in [-0.15, -0.1) is 23.1 Å². The Bertz CT molecular complexity index is 458. The van der Waals surface area contributed by atoms with Crippen molar-refractivity contribution in [3.63, 3.8) is 0 Å². The first-order valence-electron chi connectivity index (χ1n) is 5.66. The van der Waals surface area contributed by atoms with Crippen molar-refractivity contribution in [2.75, 3.05) is 19.4 Å². The zero-order valence-electron chi connectivity index (χ0n) is 10.3. The topological polar surface area (TPSA) is 46.6 Å². The Morgan fingerprint density at radius 3 is 2.94 bits per heavy atom. The van der Waals surface area contributed by atoms with Gasteiger partial charge in [0.05, 0.1) is 19.3 Å². The molecule has 6 heteroatoms. The summed E-state index contributed by atoms with van der Waals surface area (Å²) in [4.78, 5) is 27.2. The van der Waals surface area contributed by atoms with Crippen molar-refractivity contribution in [1.82, 2.24) is 4.90 Å². The normalized spacial score (nSPS) is 19.3. The van der Waals surface area contributed by atoms with E-state index >= 15 is 0 Å². The molecule has 2 heterocycles. The quantitative estimate of drug-likeness (QED) is 0.796. The van der Waals surface area contributed by atoms with Crippen molar-refractivity contribution in [1.29, 1.82) is 0 Å². The van der Waals surface area contributed by atoms with E-state index in [1.165, 1.54) is 16.9 Å². The number of rotatable bonds is 4. The molecule has 1 aromatic heterocycles. The van der Waals surface area contributed by atoms with Crippen LogP contribution in [0.3, 0.4) is 0 Å². The SMILES string of the molecule is COC(=O)CCN1C(=O)CSC1c1ccc(C)s1. The Kier molecular flexibility index (Phi) is 4.29. The molecule has 0 N–H and O–H groups in total. The smallest absolute Gasteiger partial charge is 0.307 e. The van der Waals surface area contributed by atoms with Gasteiger partial charge in [0, 0.05) is 16.3 Å². The second-order valence-electron chi connectivity index (χ2n) is 4.03. The molecule has 1 unspecified atom stereocenters. The molecule has 98 valence electrons. The number of nitrogens with zero attached hydrogens (tertiary/aromatic N) is 1. The van der Waals surface area contributed by atoms with Gasteiger partial charge in [0.1, 0.15) is 5.37 Å². The minimum absolute atomic E-state index is 0.0563. The molecule has 1 amide bonds. The largest absolute Gasteiger partial charge is 0.469 e. The molecule has 4 nitrogen and oxygen atoms in total. The summed E-state index contributed by atoms with van der Waals surface area (Å²) in [5.74, 6) is 0.309. The zero-order chi connectivity index (χ0) is 13.1. The van der Waals surface area contributed by atoms with Crippen LogP contribution in [0, 0.1) is 6.92 Å². The molecule has 1 atom stereocenters. The van der Waals surface area contributed by atoms with Crippen LogP contribution in [0.4, 0.5) is 0 Å². The fourth-order valence-corrected chi connectivity index (χ4v) is 4.16. The summed E-state index contributed by atoms with van der Waals surface area (Å²) < 4.78 is 4.61. The molecule has 1 fully saturated rings. The molecule has 1 aliphatic rings. The van der Waals surface area contributed by atoms with Crippen LogP contribution >= 0.6 is 23.1 Å². The number of aryl methyl sites for hydroxylation is 1. The van der Waals surface area contributed by atoms with Gasteiger partial charge < -0.3 is 9.64 Å². The van der Waals surface area contributed by atoms with Crippen LogP contribution in [0.1, 0.15) is 21.5 Å². The van der Waals surface area contributed by atoms with Crippen LogP contribution in [-0.2, 0) is 14.3 Å². The summed E-state index contributed by atoms with van der Waals surface area (Å²) in [7, 11) is 1.36. The fraction of sp³-hybridized carbons (Fsp3) is 0.500. The highest BCUT2D eigenvalue weighted by atomic mass is 32.2. The van der Waals surface area contributed by atoms with Crippen LogP contribution in [0.5, 0.6) is 0 Å². The highest BCUT2D eigenvalue weighted by Crippen LogP contribution is 2.41. The van der Waals surface area contributed by atoms with Crippen molar-refractivity contribution < 1.29 is 14.3 Å². The number of esters is 1. The Labute approximate surface area is 114 Å². The first kappa shape index (κ1) is 13.4. The van der Waals surface area contributed by atoms with E-state index in [4.69, 9.17) is 0 Å². The number of ether oxygens (including phenoxy) is 1. The van der Waals surface area contributed by atoms with Crippen LogP contribution in [0.15, 0.2) is 12.1 Å².